The summed E-state index contributed by atoms with van der Waals surface area (Å²) in [4.78, 5) is 10.3. The third kappa shape index (κ3) is 3.11. The SMILES string of the molecule is N#CC(CNC(=O)O)c1ccc(F)c(Cl)c1. The van der Waals surface area contributed by atoms with Gasteiger partial charge in [0.25, 0.3) is 0 Å². The third-order valence-electron chi connectivity index (χ3n) is 1.96. The second-order valence-corrected chi connectivity index (χ2v) is 3.45. The molecule has 0 saturated heterocycles. The van der Waals surface area contributed by atoms with Gasteiger partial charge >= 0.3 is 6.09 Å². The lowest BCUT2D eigenvalue weighted by Crippen LogP contribution is -2.26. The predicted molar refractivity (Wildman–Crippen MR) is 55.8 cm³/mol. The molecule has 1 aromatic carbocycles. The average molecular weight is 243 g/mol. The molecule has 16 heavy (non-hydrogen) atoms. The Morgan fingerprint density at radius 1 is 1.69 bits per heavy atom. The van der Waals surface area contributed by atoms with Gasteiger partial charge in [-0.25, -0.2) is 9.18 Å². The molecule has 0 aliphatic rings. The number of nitrogens with zero attached hydrogens (tertiary/aromatic N) is 1. The summed E-state index contributed by atoms with van der Waals surface area (Å²) in [6.45, 7) is -0.0617. The van der Waals surface area contributed by atoms with Crippen LogP contribution in [0.4, 0.5) is 9.18 Å². The highest BCUT2D eigenvalue weighted by atomic mass is 35.5. The number of halogens is 2. The summed E-state index contributed by atoms with van der Waals surface area (Å²) in [6.07, 6.45) is -1.21. The number of nitrogens with one attached hydrogen (secondary N) is 1. The molecule has 84 valence electrons. The Morgan fingerprint density at radius 2 is 2.38 bits per heavy atom. The lowest BCUT2D eigenvalue weighted by molar-refractivity contribution is 0.194. The van der Waals surface area contributed by atoms with Gasteiger partial charge in [-0.2, -0.15) is 5.26 Å². The van der Waals surface area contributed by atoms with Gasteiger partial charge in [0.1, 0.15) is 5.82 Å². The van der Waals surface area contributed by atoms with Crippen LogP contribution in [0, 0.1) is 17.1 Å². The van der Waals surface area contributed by atoms with Crippen LogP contribution < -0.4 is 5.32 Å². The maximum Gasteiger partial charge on any atom is 0.404 e. The van der Waals surface area contributed by atoms with E-state index in [-0.39, 0.29) is 11.6 Å². The molecule has 0 saturated carbocycles. The maximum atomic E-state index is 12.9. The topological polar surface area (TPSA) is 73.1 Å². The van der Waals surface area contributed by atoms with E-state index in [1.54, 1.807) is 0 Å². The molecule has 0 fully saturated rings. The van der Waals surface area contributed by atoms with Crippen LogP contribution in [0.2, 0.25) is 5.02 Å². The Morgan fingerprint density at radius 3 is 2.88 bits per heavy atom. The highest BCUT2D eigenvalue weighted by Crippen LogP contribution is 2.21. The van der Waals surface area contributed by atoms with Crippen molar-refractivity contribution in [2.75, 3.05) is 6.54 Å². The van der Waals surface area contributed by atoms with Crippen molar-refractivity contribution in [2.24, 2.45) is 0 Å². The minimum Gasteiger partial charge on any atom is -0.465 e. The van der Waals surface area contributed by atoms with Crippen LogP contribution in [-0.4, -0.2) is 17.7 Å². The van der Waals surface area contributed by atoms with E-state index in [2.05, 4.69) is 5.32 Å². The maximum absolute atomic E-state index is 12.9. The molecule has 0 bridgehead atoms. The van der Waals surface area contributed by atoms with Crippen molar-refractivity contribution >= 4 is 17.7 Å². The molecule has 0 aliphatic carbocycles. The summed E-state index contributed by atoms with van der Waals surface area (Å²) < 4.78 is 12.9. The van der Waals surface area contributed by atoms with E-state index >= 15 is 0 Å². The fraction of sp³-hybridized carbons (Fsp3) is 0.200. The molecule has 1 aromatic rings. The summed E-state index contributed by atoms with van der Waals surface area (Å²) >= 11 is 5.56. The van der Waals surface area contributed by atoms with Crippen LogP contribution in [0.3, 0.4) is 0 Å². The van der Waals surface area contributed by atoms with Crippen LogP contribution in [0.1, 0.15) is 11.5 Å². The second kappa shape index (κ2) is 5.33. The van der Waals surface area contributed by atoms with E-state index in [4.69, 9.17) is 22.0 Å². The summed E-state index contributed by atoms with van der Waals surface area (Å²) in [5.74, 6) is -1.26. The number of benzene rings is 1. The standard InChI is InChI=1S/C10H8ClFN2O2/c11-8-3-6(1-2-9(8)12)7(4-13)5-14-10(15)16/h1-3,7,14H,5H2,(H,15,16). The van der Waals surface area contributed by atoms with E-state index < -0.39 is 17.8 Å². The molecule has 6 heteroatoms. The number of hydrogen-bond acceptors (Lipinski definition) is 2. The smallest absolute Gasteiger partial charge is 0.404 e. The zero-order valence-corrected chi connectivity index (χ0v) is 8.83. The molecular weight excluding hydrogens is 235 g/mol. The Hall–Kier alpha value is -1.80. The Bertz CT molecular complexity index is 445. The zero-order chi connectivity index (χ0) is 12.1. The van der Waals surface area contributed by atoms with Crippen molar-refractivity contribution in [3.63, 3.8) is 0 Å². The van der Waals surface area contributed by atoms with Gasteiger partial charge in [0, 0.05) is 6.54 Å². The molecule has 0 radical (unpaired) electrons. The van der Waals surface area contributed by atoms with Crippen LogP contribution in [-0.2, 0) is 0 Å². The number of carboxylic acid groups (broad SMARTS) is 1. The molecule has 1 amide bonds. The summed E-state index contributed by atoms with van der Waals surface area (Å²) in [6, 6.07) is 5.77. The van der Waals surface area contributed by atoms with Crippen molar-refractivity contribution in [1.29, 1.82) is 5.26 Å². The minimum atomic E-state index is -1.21. The van der Waals surface area contributed by atoms with E-state index in [1.165, 1.54) is 12.1 Å². The van der Waals surface area contributed by atoms with E-state index in [0.29, 0.717) is 5.56 Å². The Labute approximate surface area is 96.3 Å². The molecule has 2 N–H and O–H groups in total. The van der Waals surface area contributed by atoms with Gasteiger partial charge in [0.15, 0.2) is 0 Å². The number of carbonyl (C=O) groups is 1. The van der Waals surface area contributed by atoms with Crippen LogP contribution >= 0.6 is 11.6 Å². The highest BCUT2D eigenvalue weighted by Gasteiger charge is 2.13. The van der Waals surface area contributed by atoms with Crippen LogP contribution in [0.5, 0.6) is 0 Å². The van der Waals surface area contributed by atoms with Crippen molar-refractivity contribution in [3.05, 3.63) is 34.6 Å². The number of hydrogen-bond donors (Lipinski definition) is 2. The second-order valence-electron chi connectivity index (χ2n) is 3.04. The quantitative estimate of drug-likeness (QED) is 0.855. The monoisotopic (exact) mass is 242 g/mol. The first-order valence-corrected chi connectivity index (χ1v) is 4.73. The molecule has 0 spiro atoms. The molecule has 0 heterocycles. The van der Waals surface area contributed by atoms with Crippen molar-refractivity contribution in [3.8, 4) is 6.07 Å². The average Bonchev–Trinajstić information content (AvgIpc) is 2.23. The first-order chi connectivity index (χ1) is 7.54. The van der Waals surface area contributed by atoms with E-state index in [0.717, 1.165) is 6.07 Å². The highest BCUT2D eigenvalue weighted by molar-refractivity contribution is 6.30. The van der Waals surface area contributed by atoms with Crippen molar-refractivity contribution < 1.29 is 14.3 Å². The Balaban J connectivity index is 2.84. The first kappa shape index (κ1) is 12.3. The molecule has 1 rings (SSSR count). The number of rotatable bonds is 3. The number of nitriles is 1. The van der Waals surface area contributed by atoms with E-state index in [9.17, 15) is 9.18 Å². The Kier molecular flexibility index (Phi) is 4.09. The van der Waals surface area contributed by atoms with E-state index in [1.807, 2.05) is 6.07 Å². The largest absolute Gasteiger partial charge is 0.465 e. The van der Waals surface area contributed by atoms with Crippen molar-refractivity contribution in [2.45, 2.75) is 5.92 Å². The normalized spacial score (nSPS) is 11.6. The zero-order valence-electron chi connectivity index (χ0n) is 8.08. The van der Waals surface area contributed by atoms with Crippen LogP contribution in [0.25, 0.3) is 0 Å². The molecule has 1 unspecified atom stereocenters. The predicted octanol–water partition coefficient (Wildman–Crippen LogP) is 2.35. The van der Waals surface area contributed by atoms with Gasteiger partial charge in [-0.15, -0.1) is 0 Å². The molecular formula is C10H8ClFN2O2. The summed E-state index contributed by atoms with van der Waals surface area (Å²) in [5.41, 5.74) is 0.475. The number of amides is 1. The first-order valence-electron chi connectivity index (χ1n) is 4.36. The van der Waals surface area contributed by atoms with Gasteiger partial charge in [0.2, 0.25) is 0 Å². The van der Waals surface area contributed by atoms with Gasteiger partial charge in [-0.1, -0.05) is 17.7 Å². The third-order valence-corrected chi connectivity index (χ3v) is 2.25. The fourth-order valence-electron chi connectivity index (χ4n) is 1.16. The van der Waals surface area contributed by atoms with Gasteiger partial charge in [-0.3, -0.25) is 0 Å². The molecule has 1 atom stereocenters. The summed E-state index contributed by atoms with van der Waals surface area (Å²) in [7, 11) is 0. The van der Waals surface area contributed by atoms with Gasteiger partial charge in [0.05, 0.1) is 17.0 Å². The van der Waals surface area contributed by atoms with Crippen molar-refractivity contribution in [1.82, 2.24) is 5.32 Å². The lowest BCUT2D eigenvalue weighted by Gasteiger charge is -2.09. The summed E-state index contributed by atoms with van der Waals surface area (Å²) in [5, 5.41) is 19.2. The van der Waals surface area contributed by atoms with Crippen LogP contribution in [0.15, 0.2) is 18.2 Å². The van der Waals surface area contributed by atoms with Gasteiger partial charge in [-0.05, 0) is 17.7 Å². The molecule has 4 nitrogen and oxygen atoms in total. The fourth-order valence-corrected chi connectivity index (χ4v) is 1.35. The minimum absolute atomic E-state index is 0.0617. The van der Waals surface area contributed by atoms with Gasteiger partial charge < -0.3 is 10.4 Å². The lowest BCUT2D eigenvalue weighted by atomic mass is 10.0. The molecule has 0 aromatic heterocycles. The molecule has 0 aliphatic heterocycles.